The first kappa shape index (κ1) is 29.6. The van der Waals surface area contributed by atoms with Crippen LogP contribution in [0.5, 0.6) is 5.75 Å². The minimum absolute atomic E-state index is 0.0603. The molecule has 1 unspecified atom stereocenters. The standard InChI is InChI=1S/C29H37N3O7/c1-16(2)24-29(38)39-18(4)23(31-26(35)20-13-9-10-14-22(20)33)27(36)30-21(15-19-11-7-6-8-12-19)25(34)17(3)28(37)32(24)5/h6-14,16-18,21,23-25,33-34H,15H2,1-5H3,(H,30,36)(H,31,35)/t17-,18-,21+,23+,24?,25+/m1/s1. The number of nitrogens with one attached hydrogen (secondary N) is 2. The number of benzene rings is 2. The first-order valence-electron chi connectivity index (χ1n) is 13.0. The van der Waals surface area contributed by atoms with E-state index in [1.165, 1.54) is 31.0 Å². The third kappa shape index (κ3) is 6.94. The fourth-order valence-corrected chi connectivity index (χ4v) is 4.83. The van der Waals surface area contributed by atoms with Gasteiger partial charge in [-0.25, -0.2) is 4.79 Å². The van der Waals surface area contributed by atoms with Gasteiger partial charge < -0.3 is 30.5 Å². The first-order chi connectivity index (χ1) is 18.4. The van der Waals surface area contributed by atoms with Crippen LogP contribution < -0.4 is 10.6 Å². The molecule has 0 radical (unpaired) electrons. The van der Waals surface area contributed by atoms with E-state index in [1.807, 2.05) is 30.3 Å². The van der Waals surface area contributed by atoms with Crippen LogP contribution in [0.3, 0.4) is 0 Å². The van der Waals surface area contributed by atoms with Crippen LogP contribution in [0.15, 0.2) is 54.6 Å². The summed E-state index contributed by atoms with van der Waals surface area (Å²) >= 11 is 0. The van der Waals surface area contributed by atoms with Crippen molar-refractivity contribution in [2.45, 2.75) is 64.4 Å². The van der Waals surface area contributed by atoms with Gasteiger partial charge in [0.05, 0.1) is 23.6 Å². The van der Waals surface area contributed by atoms with Gasteiger partial charge in [0.1, 0.15) is 23.9 Å². The Bertz CT molecular complexity index is 1190. The van der Waals surface area contributed by atoms with Gasteiger partial charge in [-0.3, -0.25) is 14.4 Å². The van der Waals surface area contributed by atoms with E-state index in [2.05, 4.69) is 10.6 Å². The fourth-order valence-electron chi connectivity index (χ4n) is 4.83. The number of hydrogen-bond acceptors (Lipinski definition) is 7. The molecule has 210 valence electrons. The number of phenolic OH excluding ortho intramolecular Hbond substituents is 1. The molecule has 3 amide bonds. The first-order valence-corrected chi connectivity index (χ1v) is 13.0. The third-order valence-corrected chi connectivity index (χ3v) is 7.07. The van der Waals surface area contributed by atoms with E-state index < -0.39 is 59.9 Å². The number of esters is 1. The average molecular weight is 540 g/mol. The van der Waals surface area contributed by atoms with Gasteiger partial charge in [0.2, 0.25) is 11.8 Å². The molecular weight excluding hydrogens is 502 g/mol. The lowest BCUT2D eigenvalue weighted by Crippen LogP contribution is -2.61. The third-order valence-electron chi connectivity index (χ3n) is 7.07. The summed E-state index contributed by atoms with van der Waals surface area (Å²) in [5, 5.41) is 26.8. The summed E-state index contributed by atoms with van der Waals surface area (Å²) in [6.07, 6.45) is -2.25. The fraction of sp³-hybridized carbons (Fsp3) is 0.448. The second-order valence-electron chi connectivity index (χ2n) is 10.3. The van der Waals surface area contributed by atoms with Crippen LogP contribution in [0, 0.1) is 11.8 Å². The highest BCUT2D eigenvalue weighted by atomic mass is 16.5. The zero-order valence-corrected chi connectivity index (χ0v) is 22.8. The van der Waals surface area contributed by atoms with Crippen LogP contribution in [0.25, 0.3) is 0 Å². The molecule has 0 aliphatic carbocycles. The van der Waals surface area contributed by atoms with E-state index in [-0.39, 0.29) is 23.7 Å². The highest BCUT2D eigenvalue weighted by Crippen LogP contribution is 2.22. The number of rotatable bonds is 5. The summed E-state index contributed by atoms with van der Waals surface area (Å²) in [6, 6.07) is 11.8. The van der Waals surface area contributed by atoms with E-state index in [0.717, 1.165) is 5.56 Å². The Hall–Kier alpha value is -3.92. The van der Waals surface area contributed by atoms with Gasteiger partial charge in [-0.1, -0.05) is 63.2 Å². The van der Waals surface area contributed by atoms with Gasteiger partial charge >= 0.3 is 5.97 Å². The molecule has 2 aromatic carbocycles. The van der Waals surface area contributed by atoms with Gasteiger partial charge in [-0.15, -0.1) is 0 Å². The molecule has 0 saturated carbocycles. The Morgan fingerprint density at radius 3 is 2.28 bits per heavy atom. The zero-order chi connectivity index (χ0) is 28.9. The van der Waals surface area contributed by atoms with Crippen molar-refractivity contribution in [3.63, 3.8) is 0 Å². The molecule has 10 heteroatoms. The van der Waals surface area contributed by atoms with Gasteiger partial charge in [-0.2, -0.15) is 0 Å². The summed E-state index contributed by atoms with van der Waals surface area (Å²) in [5.74, 6) is -4.26. The van der Waals surface area contributed by atoms with Crippen LogP contribution in [-0.4, -0.2) is 76.2 Å². The Morgan fingerprint density at radius 2 is 1.67 bits per heavy atom. The quantitative estimate of drug-likeness (QED) is 0.423. The van der Waals surface area contributed by atoms with E-state index in [1.54, 1.807) is 32.9 Å². The number of aromatic hydroxyl groups is 1. The largest absolute Gasteiger partial charge is 0.507 e. The van der Waals surface area contributed by atoms with Gasteiger partial charge in [-0.05, 0) is 37.0 Å². The molecule has 0 bridgehead atoms. The number of carbonyl (C=O) groups is 4. The molecule has 2 aromatic rings. The molecule has 1 heterocycles. The molecule has 1 saturated heterocycles. The van der Waals surface area contributed by atoms with Crippen molar-refractivity contribution in [2.75, 3.05) is 7.05 Å². The van der Waals surface area contributed by atoms with E-state index in [0.29, 0.717) is 0 Å². The van der Waals surface area contributed by atoms with Crippen molar-refractivity contribution in [3.8, 4) is 5.75 Å². The van der Waals surface area contributed by atoms with Crippen LogP contribution >= 0.6 is 0 Å². The minimum Gasteiger partial charge on any atom is -0.507 e. The van der Waals surface area contributed by atoms with Crippen molar-refractivity contribution in [1.29, 1.82) is 0 Å². The number of aliphatic hydroxyl groups is 1. The monoisotopic (exact) mass is 539 g/mol. The normalized spacial score (nSPS) is 26.7. The molecule has 1 aliphatic rings. The van der Waals surface area contributed by atoms with Crippen molar-refractivity contribution in [3.05, 3.63) is 65.7 Å². The lowest BCUT2D eigenvalue weighted by atomic mass is 9.90. The maximum Gasteiger partial charge on any atom is 0.329 e. The highest BCUT2D eigenvalue weighted by Gasteiger charge is 2.41. The van der Waals surface area contributed by atoms with Crippen molar-refractivity contribution >= 4 is 23.7 Å². The smallest absolute Gasteiger partial charge is 0.329 e. The highest BCUT2D eigenvalue weighted by molar-refractivity contribution is 6.00. The van der Waals surface area contributed by atoms with Crippen molar-refractivity contribution in [2.24, 2.45) is 11.8 Å². The summed E-state index contributed by atoms with van der Waals surface area (Å²) in [7, 11) is 1.48. The number of aliphatic hydroxyl groups excluding tert-OH is 1. The zero-order valence-electron chi connectivity index (χ0n) is 22.8. The van der Waals surface area contributed by atoms with Crippen molar-refractivity contribution < 1.29 is 34.1 Å². The topological polar surface area (TPSA) is 145 Å². The van der Waals surface area contributed by atoms with E-state index in [9.17, 15) is 29.4 Å². The second kappa shape index (κ2) is 12.8. The van der Waals surface area contributed by atoms with Crippen LogP contribution in [0.1, 0.15) is 43.6 Å². The Labute approximate surface area is 228 Å². The number of ether oxygens (including phenoxy) is 1. The maximum atomic E-state index is 13.6. The molecule has 0 aromatic heterocycles. The Kier molecular flexibility index (Phi) is 9.69. The van der Waals surface area contributed by atoms with E-state index in [4.69, 9.17) is 4.74 Å². The molecule has 10 nitrogen and oxygen atoms in total. The number of phenols is 1. The predicted molar refractivity (Wildman–Crippen MR) is 144 cm³/mol. The number of nitrogens with zero attached hydrogens (tertiary/aromatic N) is 1. The molecule has 1 aliphatic heterocycles. The Morgan fingerprint density at radius 1 is 1.05 bits per heavy atom. The number of likely N-dealkylation sites (N-methyl/N-ethyl adjacent to an activating group) is 1. The summed E-state index contributed by atoms with van der Waals surface area (Å²) in [5.41, 5.74) is 0.756. The molecule has 6 atom stereocenters. The summed E-state index contributed by atoms with van der Waals surface area (Å²) < 4.78 is 5.65. The minimum atomic E-state index is -1.37. The number of amides is 3. The second-order valence-corrected chi connectivity index (χ2v) is 10.3. The molecule has 3 rings (SSSR count). The molecular formula is C29H37N3O7. The number of cyclic esters (lactones) is 1. The molecule has 0 spiro atoms. The van der Waals surface area contributed by atoms with Crippen LogP contribution in [-0.2, 0) is 25.5 Å². The summed E-state index contributed by atoms with van der Waals surface area (Å²) in [6.45, 7) is 6.52. The van der Waals surface area contributed by atoms with E-state index >= 15 is 0 Å². The van der Waals surface area contributed by atoms with Crippen LogP contribution in [0.2, 0.25) is 0 Å². The maximum absolute atomic E-state index is 13.6. The molecule has 1 fully saturated rings. The SMILES string of the molecule is CC(C)C1C(=O)O[C@H](C)[C@H](NC(=O)c2ccccc2O)C(=O)N[C@@H](Cc2ccccc2)[C@@H](O)[C@@H](C)C(=O)N1C. The number of hydrogen-bond donors (Lipinski definition) is 4. The number of para-hydroxylation sites is 1. The lowest BCUT2D eigenvalue weighted by molar-refractivity contribution is -0.164. The van der Waals surface area contributed by atoms with Crippen LogP contribution in [0.4, 0.5) is 0 Å². The predicted octanol–water partition coefficient (Wildman–Crippen LogP) is 1.64. The molecule has 4 N–H and O–H groups in total. The van der Waals surface area contributed by atoms with Gasteiger partial charge in [0, 0.05) is 7.05 Å². The lowest BCUT2D eigenvalue weighted by Gasteiger charge is -2.37. The Balaban J connectivity index is 2.03. The number of carbonyl (C=O) groups excluding carboxylic acids is 4. The van der Waals surface area contributed by atoms with Crippen molar-refractivity contribution in [1.82, 2.24) is 15.5 Å². The molecule has 39 heavy (non-hydrogen) atoms. The summed E-state index contributed by atoms with van der Waals surface area (Å²) in [4.78, 5) is 54.5. The van der Waals surface area contributed by atoms with Gasteiger partial charge in [0.25, 0.3) is 5.91 Å². The average Bonchev–Trinajstić information content (AvgIpc) is 2.89. The van der Waals surface area contributed by atoms with Gasteiger partial charge in [0.15, 0.2) is 0 Å².